The molecular weight excluding hydrogens is 214 g/mol. The summed E-state index contributed by atoms with van der Waals surface area (Å²) in [5.74, 6) is 1.67. The largest absolute Gasteiger partial charge is 0.497 e. The Bertz CT molecular complexity index is 363. The van der Waals surface area contributed by atoms with E-state index in [2.05, 4.69) is 18.8 Å². The molecule has 3 nitrogen and oxygen atoms in total. The van der Waals surface area contributed by atoms with Crippen LogP contribution in [0.5, 0.6) is 11.5 Å². The van der Waals surface area contributed by atoms with Crippen molar-refractivity contribution in [3.05, 3.63) is 36.4 Å². The predicted octanol–water partition coefficient (Wildman–Crippen LogP) is 2.93. The van der Waals surface area contributed by atoms with Crippen LogP contribution in [0.4, 0.5) is 0 Å². The minimum Gasteiger partial charge on any atom is -0.497 e. The van der Waals surface area contributed by atoms with E-state index in [0.29, 0.717) is 0 Å². The lowest BCUT2D eigenvalue weighted by molar-refractivity contribution is 0.394. The number of methoxy groups -OCH3 is 2. The average molecular weight is 235 g/mol. The second-order valence-corrected chi connectivity index (χ2v) is 3.78. The fraction of sp³-hybridized carbons (Fsp3) is 0.429. The lowest BCUT2D eigenvalue weighted by Crippen LogP contribution is -2.20. The van der Waals surface area contributed by atoms with Crippen molar-refractivity contribution in [2.75, 3.05) is 20.8 Å². The average Bonchev–Trinajstić information content (AvgIpc) is 2.39. The molecule has 1 unspecified atom stereocenters. The normalized spacial score (nSPS) is 11.9. The van der Waals surface area contributed by atoms with Crippen LogP contribution in [0, 0.1) is 0 Å². The Hall–Kier alpha value is -1.48. The lowest BCUT2D eigenvalue weighted by Gasteiger charge is -2.18. The summed E-state index contributed by atoms with van der Waals surface area (Å²) in [6, 6.07) is 5.87. The predicted molar refractivity (Wildman–Crippen MR) is 70.8 cm³/mol. The molecule has 17 heavy (non-hydrogen) atoms. The fourth-order valence-electron chi connectivity index (χ4n) is 1.70. The van der Waals surface area contributed by atoms with Crippen LogP contribution >= 0.6 is 0 Å². The van der Waals surface area contributed by atoms with Crippen LogP contribution in [-0.2, 0) is 0 Å². The van der Waals surface area contributed by atoms with Crippen LogP contribution in [0.3, 0.4) is 0 Å². The van der Waals surface area contributed by atoms with Gasteiger partial charge in [0.15, 0.2) is 0 Å². The van der Waals surface area contributed by atoms with Crippen molar-refractivity contribution in [3.63, 3.8) is 0 Å². The second kappa shape index (κ2) is 6.97. The van der Waals surface area contributed by atoms with E-state index in [1.165, 1.54) is 0 Å². The molecule has 0 fully saturated rings. The zero-order chi connectivity index (χ0) is 12.7. The van der Waals surface area contributed by atoms with Gasteiger partial charge in [-0.15, -0.1) is 6.58 Å². The number of hydrogen-bond acceptors (Lipinski definition) is 3. The number of rotatable bonds is 7. The summed E-state index contributed by atoms with van der Waals surface area (Å²) in [6.45, 7) is 6.94. The van der Waals surface area contributed by atoms with Gasteiger partial charge in [-0.2, -0.15) is 0 Å². The highest BCUT2D eigenvalue weighted by Gasteiger charge is 2.13. The summed E-state index contributed by atoms with van der Waals surface area (Å²) in [7, 11) is 3.33. The zero-order valence-electron chi connectivity index (χ0n) is 10.8. The highest BCUT2D eigenvalue weighted by molar-refractivity contribution is 5.43. The van der Waals surface area contributed by atoms with Gasteiger partial charge in [0.2, 0.25) is 0 Å². The molecule has 0 amide bonds. The zero-order valence-corrected chi connectivity index (χ0v) is 10.8. The first-order chi connectivity index (χ1) is 8.26. The molecule has 1 N–H and O–H groups in total. The molecule has 0 aromatic heterocycles. The van der Waals surface area contributed by atoms with Crippen molar-refractivity contribution in [1.82, 2.24) is 5.32 Å². The minimum absolute atomic E-state index is 0.0833. The molecule has 0 aliphatic carbocycles. The quantitative estimate of drug-likeness (QED) is 0.737. The molecule has 0 aliphatic heterocycles. The molecule has 3 heteroatoms. The van der Waals surface area contributed by atoms with Gasteiger partial charge in [-0.05, 0) is 31.2 Å². The summed E-state index contributed by atoms with van der Waals surface area (Å²) in [6.07, 6.45) is 2.96. The molecule has 0 radical (unpaired) electrons. The molecule has 0 heterocycles. The van der Waals surface area contributed by atoms with Crippen LogP contribution in [0.15, 0.2) is 30.9 Å². The minimum atomic E-state index is 0.0833. The van der Waals surface area contributed by atoms with Crippen molar-refractivity contribution in [3.8, 4) is 11.5 Å². The summed E-state index contributed by atoms with van der Waals surface area (Å²) >= 11 is 0. The van der Waals surface area contributed by atoms with Gasteiger partial charge in [0.25, 0.3) is 0 Å². The standard InChI is InChI=1S/C14H21NO2/c1-5-9-15-13(6-2)12-10-11(16-3)7-8-14(12)17-4/h6-8,10,13,15H,2,5,9H2,1,3-4H3. The Balaban J connectivity index is 3.01. The van der Waals surface area contributed by atoms with E-state index < -0.39 is 0 Å². The highest BCUT2D eigenvalue weighted by atomic mass is 16.5. The SMILES string of the molecule is C=CC(NCCC)c1cc(OC)ccc1OC. The van der Waals surface area contributed by atoms with E-state index in [4.69, 9.17) is 9.47 Å². The van der Waals surface area contributed by atoms with E-state index in [-0.39, 0.29) is 6.04 Å². The topological polar surface area (TPSA) is 30.5 Å². The molecule has 0 saturated heterocycles. The lowest BCUT2D eigenvalue weighted by atomic mass is 10.0. The molecule has 94 valence electrons. The Morgan fingerprint density at radius 3 is 2.65 bits per heavy atom. The van der Waals surface area contributed by atoms with Gasteiger partial charge in [-0.1, -0.05) is 13.0 Å². The highest BCUT2D eigenvalue weighted by Crippen LogP contribution is 2.29. The van der Waals surface area contributed by atoms with Crippen molar-refractivity contribution < 1.29 is 9.47 Å². The van der Waals surface area contributed by atoms with E-state index >= 15 is 0 Å². The van der Waals surface area contributed by atoms with Gasteiger partial charge in [-0.25, -0.2) is 0 Å². The van der Waals surface area contributed by atoms with E-state index in [1.807, 2.05) is 24.3 Å². The van der Waals surface area contributed by atoms with Gasteiger partial charge in [0.1, 0.15) is 11.5 Å². The van der Waals surface area contributed by atoms with Gasteiger partial charge in [0.05, 0.1) is 20.3 Å². The van der Waals surface area contributed by atoms with Crippen molar-refractivity contribution >= 4 is 0 Å². The monoisotopic (exact) mass is 235 g/mol. The van der Waals surface area contributed by atoms with E-state index in [9.17, 15) is 0 Å². The summed E-state index contributed by atoms with van der Waals surface area (Å²) < 4.78 is 10.6. The molecule has 1 aromatic carbocycles. The van der Waals surface area contributed by atoms with Crippen molar-refractivity contribution in [2.45, 2.75) is 19.4 Å². The third kappa shape index (κ3) is 3.49. The van der Waals surface area contributed by atoms with Gasteiger partial charge >= 0.3 is 0 Å². The fourth-order valence-corrected chi connectivity index (χ4v) is 1.70. The number of ether oxygens (including phenoxy) is 2. The molecule has 1 atom stereocenters. The van der Waals surface area contributed by atoms with Crippen LogP contribution in [0.2, 0.25) is 0 Å². The van der Waals surface area contributed by atoms with Crippen molar-refractivity contribution in [1.29, 1.82) is 0 Å². The summed E-state index contributed by atoms with van der Waals surface area (Å²) in [4.78, 5) is 0. The number of hydrogen-bond donors (Lipinski definition) is 1. The molecule has 0 spiro atoms. The van der Waals surface area contributed by atoms with E-state index in [1.54, 1.807) is 14.2 Å². The second-order valence-electron chi connectivity index (χ2n) is 3.78. The van der Waals surface area contributed by atoms with Gasteiger partial charge in [-0.3, -0.25) is 0 Å². The van der Waals surface area contributed by atoms with Crippen LogP contribution < -0.4 is 14.8 Å². The molecule has 0 aliphatic rings. The summed E-state index contributed by atoms with van der Waals surface area (Å²) in [5.41, 5.74) is 1.05. The molecule has 0 saturated carbocycles. The maximum Gasteiger partial charge on any atom is 0.124 e. The van der Waals surface area contributed by atoms with Crippen LogP contribution in [0.1, 0.15) is 24.9 Å². The third-order valence-electron chi connectivity index (χ3n) is 2.62. The molecule has 0 bridgehead atoms. The Morgan fingerprint density at radius 1 is 1.35 bits per heavy atom. The number of benzene rings is 1. The first-order valence-electron chi connectivity index (χ1n) is 5.84. The summed E-state index contributed by atoms with van der Waals surface area (Å²) in [5, 5.41) is 3.41. The number of nitrogens with one attached hydrogen (secondary N) is 1. The van der Waals surface area contributed by atoms with Crippen LogP contribution in [-0.4, -0.2) is 20.8 Å². The maximum absolute atomic E-state index is 5.36. The van der Waals surface area contributed by atoms with Crippen molar-refractivity contribution in [2.24, 2.45) is 0 Å². The molecular formula is C14H21NO2. The van der Waals surface area contributed by atoms with Gasteiger partial charge < -0.3 is 14.8 Å². The Kier molecular flexibility index (Phi) is 5.57. The Morgan fingerprint density at radius 2 is 2.12 bits per heavy atom. The van der Waals surface area contributed by atoms with Crippen LogP contribution in [0.25, 0.3) is 0 Å². The first kappa shape index (κ1) is 13.6. The molecule has 1 aromatic rings. The van der Waals surface area contributed by atoms with E-state index in [0.717, 1.165) is 30.0 Å². The Labute approximate surface area is 103 Å². The molecule has 1 rings (SSSR count). The van der Waals surface area contributed by atoms with Gasteiger partial charge in [0, 0.05) is 5.56 Å². The first-order valence-corrected chi connectivity index (χ1v) is 5.84. The maximum atomic E-state index is 5.36. The third-order valence-corrected chi connectivity index (χ3v) is 2.62. The smallest absolute Gasteiger partial charge is 0.124 e.